The van der Waals surface area contributed by atoms with Crippen LogP contribution in [0.25, 0.3) is 0 Å². The monoisotopic (exact) mass is 298 g/mol. The Morgan fingerprint density at radius 2 is 2.12 bits per heavy atom. The Kier molecular flexibility index (Phi) is 6.75. The summed E-state index contributed by atoms with van der Waals surface area (Å²) in [6.07, 6.45) is 6.10. The fraction of sp³-hybridized carbons (Fsp3) is 0.643. The molecule has 1 aromatic rings. The number of rotatable bonds is 7. The van der Waals surface area contributed by atoms with Gasteiger partial charge < -0.3 is 5.32 Å². The molecule has 0 radical (unpaired) electrons. The molecule has 1 atom stereocenters. The van der Waals surface area contributed by atoms with E-state index in [1.807, 2.05) is 12.4 Å². The van der Waals surface area contributed by atoms with Crippen molar-refractivity contribution in [2.45, 2.75) is 33.6 Å². The highest BCUT2D eigenvalue weighted by Crippen LogP contribution is 2.18. The average molecular weight is 299 g/mol. The van der Waals surface area contributed by atoms with Crippen molar-refractivity contribution in [3.8, 4) is 0 Å². The van der Waals surface area contributed by atoms with Gasteiger partial charge >= 0.3 is 0 Å². The van der Waals surface area contributed by atoms with Crippen LogP contribution in [0, 0.1) is 11.8 Å². The van der Waals surface area contributed by atoms with Gasteiger partial charge in [-0.3, -0.25) is 4.98 Å². The summed E-state index contributed by atoms with van der Waals surface area (Å²) in [7, 11) is 0. The lowest BCUT2D eigenvalue weighted by Gasteiger charge is -2.21. The molecule has 3 heteroatoms. The van der Waals surface area contributed by atoms with Crippen molar-refractivity contribution >= 4 is 15.9 Å². The Morgan fingerprint density at radius 3 is 2.71 bits per heavy atom. The van der Waals surface area contributed by atoms with E-state index in [0.29, 0.717) is 11.8 Å². The number of halogens is 1. The van der Waals surface area contributed by atoms with Crippen LogP contribution in [0.3, 0.4) is 0 Å². The van der Waals surface area contributed by atoms with Gasteiger partial charge in [0.1, 0.15) is 0 Å². The molecule has 0 bridgehead atoms. The van der Waals surface area contributed by atoms with Crippen LogP contribution in [0.1, 0.15) is 32.8 Å². The summed E-state index contributed by atoms with van der Waals surface area (Å²) in [5.41, 5.74) is 1.32. The molecule has 1 heterocycles. The number of nitrogens with zero attached hydrogens (tertiary/aromatic N) is 1. The molecule has 0 fully saturated rings. The van der Waals surface area contributed by atoms with Gasteiger partial charge in [-0.2, -0.15) is 0 Å². The first-order chi connectivity index (χ1) is 8.13. The topological polar surface area (TPSA) is 24.9 Å². The Bertz CT molecular complexity index is 326. The smallest absolute Gasteiger partial charge is 0.0410 e. The van der Waals surface area contributed by atoms with Crippen LogP contribution in [0.15, 0.2) is 22.9 Å². The molecule has 96 valence electrons. The number of aromatic nitrogens is 1. The third-order valence-corrected chi connectivity index (χ3v) is 3.47. The number of pyridine rings is 1. The minimum atomic E-state index is 0.678. The molecule has 0 saturated heterocycles. The van der Waals surface area contributed by atoms with Crippen LogP contribution in [-0.4, -0.2) is 18.1 Å². The second-order valence-electron chi connectivity index (χ2n) is 4.92. The zero-order valence-corrected chi connectivity index (χ0v) is 12.6. The molecule has 0 aliphatic heterocycles. The summed E-state index contributed by atoms with van der Waals surface area (Å²) in [5.74, 6) is 1.37. The Balaban J connectivity index is 2.54. The maximum Gasteiger partial charge on any atom is 0.0410 e. The second-order valence-corrected chi connectivity index (χ2v) is 5.84. The molecule has 0 aliphatic rings. The van der Waals surface area contributed by atoms with Gasteiger partial charge in [-0.1, -0.05) is 20.8 Å². The highest BCUT2D eigenvalue weighted by atomic mass is 79.9. The molecule has 0 aromatic carbocycles. The SMILES string of the molecule is CCCNCC(Cc1cncc(Br)c1)C(C)C. The number of hydrogen-bond donors (Lipinski definition) is 1. The van der Waals surface area contributed by atoms with E-state index in [0.717, 1.165) is 24.0 Å². The van der Waals surface area contributed by atoms with E-state index in [-0.39, 0.29) is 0 Å². The first kappa shape index (κ1) is 14.7. The molecule has 2 nitrogen and oxygen atoms in total. The Morgan fingerprint density at radius 1 is 1.35 bits per heavy atom. The van der Waals surface area contributed by atoms with E-state index in [1.54, 1.807) is 0 Å². The third kappa shape index (κ3) is 5.64. The van der Waals surface area contributed by atoms with Crippen LogP contribution in [0.4, 0.5) is 0 Å². The third-order valence-electron chi connectivity index (χ3n) is 3.04. The lowest BCUT2D eigenvalue weighted by molar-refractivity contribution is 0.360. The molecule has 17 heavy (non-hydrogen) atoms. The van der Waals surface area contributed by atoms with E-state index in [4.69, 9.17) is 0 Å². The van der Waals surface area contributed by atoms with E-state index < -0.39 is 0 Å². The summed E-state index contributed by atoms with van der Waals surface area (Å²) in [4.78, 5) is 4.23. The molecule has 1 aromatic heterocycles. The molecular formula is C14H23BrN2. The van der Waals surface area contributed by atoms with Crippen molar-refractivity contribution in [2.75, 3.05) is 13.1 Å². The van der Waals surface area contributed by atoms with Crippen molar-refractivity contribution < 1.29 is 0 Å². The van der Waals surface area contributed by atoms with Crippen LogP contribution in [0.2, 0.25) is 0 Å². The lowest BCUT2D eigenvalue weighted by Crippen LogP contribution is -2.28. The normalized spacial score (nSPS) is 13.0. The first-order valence-corrected chi connectivity index (χ1v) is 7.23. The van der Waals surface area contributed by atoms with Gasteiger partial charge in [0.15, 0.2) is 0 Å². The predicted octanol–water partition coefficient (Wildman–Crippen LogP) is 3.66. The fourth-order valence-electron chi connectivity index (χ4n) is 1.88. The van der Waals surface area contributed by atoms with Gasteiger partial charge in [0.25, 0.3) is 0 Å². The van der Waals surface area contributed by atoms with Crippen molar-refractivity contribution in [1.29, 1.82) is 0 Å². The average Bonchev–Trinajstić information content (AvgIpc) is 2.28. The van der Waals surface area contributed by atoms with Gasteiger partial charge in [0.05, 0.1) is 0 Å². The van der Waals surface area contributed by atoms with Gasteiger partial charge in [0.2, 0.25) is 0 Å². The molecule has 0 amide bonds. The number of nitrogens with one attached hydrogen (secondary N) is 1. The quantitative estimate of drug-likeness (QED) is 0.777. The molecule has 1 N–H and O–H groups in total. The van der Waals surface area contributed by atoms with E-state index >= 15 is 0 Å². The zero-order chi connectivity index (χ0) is 12.7. The first-order valence-electron chi connectivity index (χ1n) is 6.43. The molecule has 0 aliphatic carbocycles. The summed E-state index contributed by atoms with van der Waals surface area (Å²) >= 11 is 3.47. The van der Waals surface area contributed by atoms with Crippen LogP contribution < -0.4 is 5.32 Å². The Labute approximate surface area is 113 Å². The molecule has 1 unspecified atom stereocenters. The molecule has 1 rings (SSSR count). The van der Waals surface area contributed by atoms with Crippen LogP contribution in [0.5, 0.6) is 0 Å². The highest BCUT2D eigenvalue weighted by Gasteiger charge is 2.13. The van der Waals surface area contributed by atoms with Crippen molar-refractivity contribution in [3.63, 3.8) is 0 Å². The lowest BCUT2D eigenvalue weighted by atomic mass is 9.89. The van der Waals surface area contributed by atoms with E-state index in [9.17, 15) is 0 Å². The van der Waals surface area contributed by atoms with Gasteiger partial charge in [0, 0.05) is 16.9 Å². The van der Waals surface area contributed by atoms with Crippen molar-refractivity contribution in [3.05, 3.63) is 28.5 Å². The van der Waals surface area contributed by atoms with Crippen LogP contribution in [-0.2, 0) is 6.42 Å². The largest absolute Gasteiger partial charge is 0.316 e. The van der Waals surface area contributed by atoms with Crippen molar-refractivity contribution in [1.82, 2.24) is 10.3 Å². The minimum Gasteiger partial charge on any atom is -0.316 e. The molecule has 0 spiro atoms. The minimum absolute atomic E-state index is 0.678. The summed E-state index contributed by atoms with van der Waals surface area (Å²) < 4.78 is 1.07. The standard InChI is InChI=1S/C14H23BrN2/c1-4-5-16-9-13(11(2)3)6-12-7-14(15)10-17-8-12/h7-8,10-11,13,16H,4-6,9H2,1-3H3. The molecule has 0 saturated carbocycles. The fourth-order valence-corrected chi connectivity index (χ4v) is 2.29. The highest BCUT2D eigenvalue weighted by molar-refractivity contribution is 9.10. The second kappa shape index (κ2) is 7.83. The predicted molar refractivity (Wildman–Crippen MR) is 77.1 cm³/mol. The summed E-state index contributed by atoms with van der Waals surface area (Å²) in [5, 5.41) is 3.52. The zero-order valence-electron chi connectivity index (χ0n) is 11.0. The van der Waals surface area contributed by atoms with Gasteiger partial charge in [-0.15, -0.1) is 0 Å². The maximum atomic E-state index is 4.23. The summed E-state index contributed by atoms with van der Waals surface area (Å²) in [6.45, 7) is 9.00. The Hall–Kier alpha value is -0.410. The van der Waals surface area contributed by atoms with Gasteiger partial charge in [-0.05, 0) is 65.3 Å². The summed E-state index contributed by atoms with van der Waals surface area (Å²) in [6, 6.07) is 2.17. The van der Waals surface area contributed by atoms with Gasteiger partial charge in [-0.25, -0.2) is 0 Å². The van der Waals surface area contributed by atoms with Crippen LogP contribution >= 0.6 is 15.9 Å². The number of hydrogen-bond acceptors (Lipinski definition) is 2. The molecular weight excluding hydrogens is 276 g/mol. The maximum absolute atomic E-state index is 4.23. The van der Waals surface area contributed by atoms with E-state index in [2.05, 4.69) is 53.1 Å². The van der Waals surface area contributed by atoms with E-state index in [1.165, 1.54) is 12.0 Å². The van der Waals surface area contributed by atoms with Crippen molar-refractivity contribution in [2.24, 2.45) is 11.8 Å².